The zero-order valence-electron chi connectivity index (χ0n) is 12.0. The summed E-state index contributed by atoms with van der Waals surface area (Å²) in [6, 6.07) is 6.26. The van der Waals surface area contributed by atoms with Crippen molar-refractivity contribution < 1.29 is 13.9 Å². The fraction of sp³-hybridized carbons (Fsp3) is 0.562. The maximum atomic E-state index is 13.0. The third kappa shape index (κ3) is 2.96. The fourth-order valence-corrected chi connectivity index (χ4v) is 2.14. The zero-order chi connectivity index (χ0) is 14.3. The van der Waals surface area contributed by atoms with Gasteiger partial charge in [-0.25, -0.2) is 4.39 Å². The van der Waals surface area contributed by atoms with Crippen LogP contribution in [0.1, 0.15) is 46.1 Å². The van der Waals surface area contributed by atoms with Crippen molar-refractivity contribution in [3.63, 3.8) is 0 Å². The summed E-state index contributed by atoms with van der Waals surface area (Å²) in [5.41, 5.74) is -0.303. The lowest BCUT2D eigenvalue weighted by Crippen LogP contribution is -2.36. The summed E-state index contributed by atoms with van der Waals surface area (Å²) in [6.45, 7) is 7.45. The Hall–Kier alpha value is -1.38. The Balaban J connectivity index is 2.28. The molecule has 19 heavy (non-hydrogen) atoms. The van der Waals surface area contributed by atoms with Crippen molar-refractivity contribution in [2.75, 3.05) is 0 Å². The van der Waals surface area contributed by atoms with E-state index in [-0.39, 0.29) is 11.8 Å². The van der Waals surface area contributed by atoms with Gasteiger partial charge in [0.05, 0.1) is 5.41 Å². The molecule has 1 atom stereocenters. The average Bonchev–Trinajstić information content (AvgIpc) is 3.12. The van der Waals surface area contributed by atoms with E-state index < -0.39 is 11.0 Å². The molecule has 0 aromatic heterocycles. The smallest absolute Gasteiger partial charge is 0.312 e. The Morgan fingerprint density at radius 1 is 1.16 bits per heavy atom. The summed E-state index contributed by atoms with van der Waals surface area (Å²) in [5.74, 6) is -0.153. The van der Waals surface area contributed by atoms with Crippen LogP contribution in [0.15, 0.2) is 24.3 Å². The van der Waals surface area contributed by atoms with E-state index in [9.17, 15) is 9.18 Å². The first-order valence-corrected chi connectivity index (χ1v) is 6.73. The van der Waals surface area contributed by atoms with Crippen LogP contribution in [0.3, 0.4) is 0 Å². The third-order valence-corrected chi connectivity index (χ3v) is 3.69. The van der Waals surface area contributed by atoms with E-state index in [2.05, 4.69) is 0 Å². The van der Waals surface area contributed by atoms with Crippen molar-refractivity contribution in [1.29, 1.82) is 0 Å². The minimum Gasteiger partial charge on any atom is -0.454 e. The number of hydrogen-bond acceptors (Lipinski definition) is 2. The van der Waals surface area contributed by atoms with Crippen LogP contribution >= 0.6 is 0 Å². The highest BCUT2D eigenvalue weighted by Crippen LogP contribution is 2.48. The lowest BCUT2D eigenvalue weighted by molar-refractivity contribution is -0.171. The number of benzene rings is 1. The van der Waals surface area contributed by atoms with Crippen LogP contribution in [-0.2, 0) is 15.1 Å². The quantitative estimate of drug-likeness (QED) is 0.770. The Kier molecular flexibility index (Phi) is 3.41. The van der Waals surface area contributed by atoms with Gasteiger partial charge in [0, 0.05) is 5.92 Å². The van der Waals surface area contributed by atoms with Crippen LogP contribution in [0, 0.1) is 17.2 Å². The predicted octanol–water partition coefficient (Wildman–Crippen LogP) is 4.04. The first-order valence-electron chi connectivity index (χ1n) is 6.73. The van der Waals surface area contributed by atoms with E-state index in [1.165, 1.54) is 12.1 Å². The molecule has 0 heterocycles. The Morgan fingerprint density at radius 3 is 2.11 bits per heavy atom. The number of carbonyl (C=O) groups is 1. The van der Waals surface area contributed by atoms with Gasteiger partial charge in [-0.2, -0.15) is 0 Å². The van der Waals surface area contributed by atoms with Gasteiger partial charge in [-0.05, 0) is 58.2 Å². The molecule has 0 spiro atoms. The van der Waals surface area contributed by atoms with E-state index in [4.69, 9.17) is 4.74 Å². The van der Waals surface area contributed by atoms with Crippen LogP contribution in [0.5, 0.6) is 0 Å². The van der Waals surface area contributed by atoms with Gasteiger partial charge in [0.2, 0.25) is 0 Å². The highest BCUT2D eigenvalue weighted by atomic mass is 19.1. The van der Waals surface area contributed by atoms with Crippen molar-refractivity contribution in [3.05, 3.63) is 35.6 Å². The Morgan fingerprint density at radius 2 is 1.68 bits per heavy atom. The summed E-state index contributed by atoms with van der Waals surface area (Å²) in [4.78, 5) is 12.2. The molecule has 1 fully saturated rings. The number of hydrogen-bond donors (Lipinski definition) is 0. The van der Waals surface area contributed by atoms with Crippen LogP contribution in [0.4, 0.5) is 4.39 Å². The number of rotatable bonds is 3. The molecule has 0 N–H and O–H groups in total. The van der Waals surface area contributed by atoms with E-state index in [1.54, 1.807) is 12.1 Å². The molecule has 2 nitrogen and oxygen atoms in total. The van der Waals surface area contributed by atoms with Crippen LogP contribution < -0.4 is 0 Å². The summed E-state index contributed by atoms with van der Waals surface area (Å²) in [6.07, 6.45) is 2.09. The molecule has 1 unspecified atom stereocenters. The van der Waals surface area contributed by atoms with Gasteiger partial charge in [0.1, 0.15) is 11.4 Å². The van der Waals surface area contributed by atoms with Gasteiger partial charge < -0.3 is 4.74 Å². The highest BCUT2D eigenvalue weighted by Gasteiger charge is 2.47. The van der Waals surface area contributed by atoms with E-state index in [1.807, 2.05) is 27.7 Å². The molecule has 0 amide bonds. The monoisotopic (exact) mass is 264 g/mol. The molecular formula is C16H21FO2. The summed E-state index contributed by atoms with van der Waals surface area (Å²) in [5, 5.41) is 0. The minimum atomic E-state index is -0.641. The van der Waals surface area contributed by atoms with Crippen molar-refractivity contribution in [2.24, 2.45) is 11.3 Å². The van der Waals surface area contributed by atoms with E-state index in [0.717, 1.165) is 18.4 Å². The second-order valence-electron chi connectivity index (χ2n) is 6.53. The Labute approximate surface area is 114 Å². The Bertz CT molecular complexity index is 469. The summed E-state index contributed by atoms with van der Waals surface area (Å²) >= 11 is 0. The maximum Gasteiger partial charge on any atom is 0.312 e. The second kappa shape index (κ2) is 4.62. The van der Waals surface area contributed by atoms with Crippen molar-refractivity contribution in [2.45, 2.75) is 46.1 Å². The molecule has 3 heteroatoms. The van der Waals surface area contributed by atoms with Gasteiger partial charge in [0.25, 0.3) is 0 Å². The minimum absolute atomic E-state index is 0.216. The predicted molar refractivity (Wildman–Crippen MR) is 72.0 cm³/mol. The number of carbonyl (C=O) groups excluding carboxylic acids is 1. The van der Waals surface area contributed by atoms with Crippen LogP contribution in [0.2, 0.25) is 0 Å². The largest absolute Gasteiger partial charge is 0.454 e. The van der Waals surface area contributed by atoms with Gasteiger partial charge in [-0.1, -0.05) is 12.1 Å². The van der Waals surface area contributed by atoms with Crippen molar-refractivity contribution >= 4 is 5.97 Å². The number of halogens is 1. The lowest BCUT2D eigenvalue weighted by Gasteiger charge is -2.33. The topological polar surface area (TPSA) is 26.3 Å². The first kappa shape index (κ1) is 14.0. The van der Waals surface area contributed by atoms with Gasteiger partial charge in [-0.15, -0.1) is 0 Å². The normalized spacial score (nSPS) is 18.8. The number of ether oxygens (including phenoxy) is 1. The van der Waals surface area contributed by atoms with E-state index in [0.29, 0.717) is 5.92 Å². The molecule has 1 saturated carbocycles. The average molecular weight is 264 g/mol. The van der Waals surface area contributed by atoms with Crippen LogP contribution in [-0.4, -0.2) is 5.97 Å². The lowest BCUT2D eigenvalue weighted by atomic mass is 9.89. The van der Waals surface area contributed by atoms with E-state index >= 15 is 0 Å². The molecule has 1 aliphatic carbocycles. The second-order valence-corrected chi connectivity index (χ2v) is 6.53. The van der Waals surface area contributed by atoms with Crippen molar-refractivity contribution in [1.82, 2.24) is 0 Å². The molecule has 0 radical (unpaired) electrons. The fourth-order valence-electron chi connectivity index (χ4n) is 2.14. The molecular weight excluding hydrogens is 243 g/mol. The molecule has 0 aliphatic heterocycles. The summed E-state index contributed by atoms with van der Waals surface area (Å²) < 4.78 is 18.8. The zero-order valence-corrected chi connectivity index (χ0v) is 12.0. The van der Waals surface area contributed by atoms with Crippen LogP contribution in [0.25, 0.3) is 0 Å². The molecule has 1 aromatic carbocycles. The molecule has 1 aliphatic rings. The van der Waals surface area contributed by atoms with Gasteiger partial charge >= 0.3 is 5.97 Å². The van der Waals surface area contributed by atoms with Crippen molar-refractivity contribution in [3.8, 4) is 0 Å². The molecule has 1 aromatic rings. The molecule has 2 rings (SSSR count). The molecule has 104 valence electrons. The highest BCUT2D eigenvalue weighted by molar-refractivity contribution is 5.76. The third-order valence-electron chi connectivity index (χ3n) is 3.69. The summed E-state index contributed by atoms with van der Waals surface area (Å²) in [7, 11) is 0. The SMILES string of the molecule is CC(C)(C)C(=O)OC(C)(c1ccc(F)cc1)C1CC1. The molecule has 0 saturated heterocycles. The standard InChI is InChI=1S/C16H21FO2/c1-15(2,3)14(18)19-16(4,11-5-6-11)12-7-9-13(17)10-8-12/h7-11H,5-6H2,1-4H3. The van der Waals surface area contributed by atoms with Gasteiger partial charge in [-0.3, -0.25) is 4.79 Å². The van der Waals surface area contributed by atoms with Gasteiger partial charge in [0.15, 0.2) is 0 Å². The number of esters is 1. The molecule has 0 bridgehead atoms. The first-order chi connectivity index (χ1) is 8.73. The maximum absolute atomic E-state index is 13.0.